The van der Waals surface area contributed by atoms with Crippen LogP contribution in [-0.2, 0) is 19.4 Å². The molecule has 4 aromatic rings. The number of aromatic nitrogens is 4. The molecular formula is C26H24N6O4. The Bertz CT molecular complexity index is 1490. The Kier molecular flexibility index (Phi) is 6.40. The third-order valence-corrected chi connectivity index (χ3v) is 6.22. The van der Waals surface area contributed by atoms with Gasteiger partial charge in [0.25, 0.3) is 11.8 Å². The van der Waals surface area contributed by atoms with Gasteiger partial charge in [-0.25, -0.2) is 14.8 Å². The Morgan fingerprint density at radius 1 is 1.06 bits per heavy atom. The molecule has 0 fully saturated rings. The SMILES string of the molecule is CCc1cccc(CNC(=O)c2cc(C(=O)N[C@H]3CCc4cc(-c5noc(=O)[nH]5)ccc43)ncn2)c1. The minimum absolute atomic E-state index is 0.119. The zero-order valence-electron chi connectivity index (χ0n) is 19.6. The van der Waals surface area contributed by atoms with Crippen molar-refractivity contribution in [3.63, 3.8) is 0 Å². The summed E-state index contributed by atoms with van der Waals surface area (Å²) in [6.45, 7) is 2.44. The van der Waals surface area contributed by atoms with Gasteiger partial charge in [0.1, 0.15) is 17.7 Å². The second-order valence-electron chi connectivity index (χ2n) is 8.57. The topological polar surface area (TPSA) is 143 Å². The van der Waals surface area contributed by atoms with Crippen molar-refractivity contribution >= 4 is 11.8 Å². The molecule has 182 valence electrons. The van der Waals surface area contributed by atoms with E-state index >= 15 is 0 Å². The summed E-state index contributed by atoms with van der Waals surface area (Å²) in [4.78, 5) is 47.4. The number of H-pyrrole nitrogens is 1. The molecule has 2 aromatic heterocycles. The van der Waals surface area contributed by atoms with E-state index < -0.39 is 5.76 Å². The fourth-order valence-corrected chi connectivity index (χ4v) is 4.34. The van der Waals surface area contributed by atoms with Gasteiger partial charge in [-0.1, -0.05) is 48.5 Å². The molecule has 2 amide bonds. The molecule has 0 saturated carbocycles. The molecule has 3 N–H and O–H groups in total. The number of amides is 2. The lowest BCUT2D eigenvalue weighted by Crippen LogP contribution is -2.29. The fourth-order valence-electron chi connectivity index (χ4n) is 4.34. The standard InChI is InChI=1S/C26H24N6O4/c1-2-15-4-3-5-16(10-15)13-27-24(33)21-12-22(29-14-28-21)25(34)30-20-9-7-17-11-18(6-8-19(17)20)23-31-26(35)36-32-23/h3-6,8,10-12,14,20H,2,7,9,13H2,1H3,(H,27,33)(H,30,34)(H,31,32,35)/t20-/m0/s1. The highest BCUT2D eigenvalue weighted by Crippen LogP contribution is 2.33. The molecule has 0 spiro atoms. The summed E-state index contributed by atoms with van der Waals surface area (Å²) in [6.07, 6.45) is 3.61. The average molecular weight is 485 g/mol. The Balaban J connectivity index is 1.24. The molecule has 0 saturated heterocycles. The van der Waals surface area contributed by atoms with Gasteiger partial charge in [0.15, 0.2) is 5.82 Å². The smallest absolute Gasteiger partial charge is 0.347 e. The second-order valence-corrected chi connectivity index (χ2v) is 8.57. The van der Waals surface area contributed by atoms with Crippen molar-refractivity contribution in [2.75, 3.05) is 0 Å². The molecule has 10 heteroatoms. The number of carbonyl (C=O) groups is 2. The minimum atomic E-state index is -0.612. The van der Waals surface area contributed by atoms with Crippen molar-refractivity contribution < 1.29 is 14.1 Å². The van der Waals surface area contributed by atoms with Crippen LogP contribution in [0.1, 0.15) is 62.6 Å². The zero-order valence-corrected chi connectivity index (χ0v) is 19.6. The van der Waals surface area contributed by atoms with Gasteiger partial charge in [-0.2, -0.15) is 0 Å². The number of fused-ring (bicyclic) bond motifs is 1. The summed E-state index contributed by atoms with van der Waals surface area (Å²) in [5.74, 6) is -1.01. The van der Waals surface area contributed by atoms with Crippen molar-refractivity contribution in [1.29, 1.82) is 0 Å². The molecule has 5 rings (SSSR count). The molecule has 0 radical (unpaired) electrons. The third kappa shape index (κ3) is 4.92. The van der Waals surface area contributed by atoms with Gasteiger partial charge in [0, 0.05) is 18.2 Å². The quantitative estimate of drug-likeness (QED) is 0.366. The van der Waals surface area contributed by atoms with E-state index in [-0.39, 0.29) is 29.2 Å². The van der Waals surface area contributed by atoms with Gasteiger partial charge < -0.3 is 10.6 Å². The highest BCUT2D eigenvalue weighted by atomic mass is 16.5. The summed E-state index contributed by atoms with van der Waals surface area (Å²) < 4.78 is 4.58. The number of hydrogen-bond donors (Lipinski definition) is 3. The first-order valence-corrected chi connectivity index (χ1v) is 11.7. The van der Waals surface area contributed by atoms with E-state index in [2.05, 4.69) is 42.2 Å². The summed E-state index contributed by atoms with van der Waals surface area (Å²) in [7, 11) is 0. The molecule has 2 aromatic carbocycles. The largest absolute Gasteiger partial charge is 0.439 e. The van der Waals surface area contributed by atoms with Gasteiger partial charge in [-0.3, -0.25) is 19.1 Å². The number of nitrogens with one attached hydrogen (secondary N) is 3. The van der Waals surface area contributed by atoms with Crippen LogP contribution in [0.5, 0.6) is 0 Å². The van der Waals surface area contributed by atoms with Crippen LogP contribution in [0.15, 0.2) is 64.2 Å². The van der Waals surface area contributed by atoms with Crippen LogP contribution in [0.2, 0.25) is 0 Å². The zero-order chi connectivity index (χ0) is 25.1. The molecule has 10 nitrogen and oxygen atoms in total. The maximum atomic E-state index is 12.9. The highest BCUT2D eigenvalue weighted by Gasteiger charge is 2.26. The lowest BCUT2D eigenvalue weighted by molar-refractivity contribution is 0.0931. The van der Waals surface area contributed by atoms with Crippen LogP contribution in [0.25, 0.3) is 11.4 Å². The van der Waals surface area contributed by atoms with Gasteiger partial charge in [0.2, 0.25) is 0 Å². The van der Waals surface area contributed by atoms with Crippen molar-refractivity contribution in [2.24, 2.45) is 0 Å². The van der Waals surface area contributed by atoms with Crippen LogP contribution in [-0.4, -0.2) is 31.9 Å². The van der Waals surface area contributed by atoms with E-state index in [1.807, 2.05) is 42.5 Å². The minimum Gasteiger partial charge on any atom is -0.347 e. The molecular weight excluding hydrogens is 460 g/mol. The predicted octanol–water partition coefficient (Wildman–Crippen LogP) is 2.73. The maximum Gasteiger partial charge on any atom is 0.439 e. The van der Waals surface area contributed by atoms with Crippen molar-refractivity contribution in [2.45, 2.75) is 38.8 Å². The van der Waals surface area contributed by atoms with Gasteiger partial charge in [-0.05, 0) is 47.6 Å². The molecule has 0 aliphatic heterocycles. The molecule has 1 aliphatic carbocycles. The van der Waals surface area contributed by atoms with Gasteiger partial charge >= 0.3 is 5.76 Å². The van der Waals surface area contributed by atoms with Crippen LogP contribution < -0.4 is 16.4 Å². The number of nitrogens with zero attached hydrogens (tertiary/aromatic N) is 3. The van der Waals surface area contributed by atoms with Crippen molar-refractivity contribution in [3.05, 3.63) is 99.1 Å². The summed E-state index contributed by atoms with van der Waals surface area (Å²) in [5, 5.41) is 9.56. The Morgan fingerprint density at radius 3 is 2.64 bits per heavy atom. The van der Waals surface area contributed by atoms with Crippen LogP contribution in [0.4, 0.5) is 0 Å². The number of carbonyl (C=O) groups excluding carboxylic acids is 2. The maximum absolute atomic E-state index is 12.9. The molecule has 1 atom stereocenters. The Labute approximate surface area is 206 Å². The normalized spacial score (nSPS) is 14.3. The molecule has 36 heavy (non-hydrogen) atoms. The third-order valence-electron chi connectivity index (χ3n) is 6.22. The summed E-state index contributed by atoms with van der Waals surface area (Å²) in [5.41, 5.74) is 5.21. The molecule has 0 unspecified atom stereocenters. The summed E-state index contributed by atoms with van der Waals surface area (Å²) in [6, 6.07) is 14.9. The van der Waals surface area contributed by atoms with E-state index in [9.17, 15) is 14.4 Å². The number of benzene rings is 2. The van der Waals surface area contributed by atoms with Gasteiger partial charge in [-0.15, -0.1) is 0 Å². The molecule has 1 aliphatic rings. The Morgan fingerprint density at radius 2 is 1.86 bits per heavy atom. The van der Waals surface area contributed by atoms with E-state index in [1.54, 1.807) is 0 Å². The van der Waals surface area contributed by atoms with E-state index in [4.69, 9.17) is 0 Å². The van der Waals surface area contributed by atoms with Gasteiger partial charge in [0.05, 0.1) is 6.04 Å². The first-order valence-electron chi connectivity index (χ1n) is 11.7. The monoisotopic (exact) mass is 484 g/mol. The predicted molar refractivity (Wildman–Crippen MR) is 130 cm³/mol. The lowest BCUT2D eigenvalue weighted by atomic mass is 10.0. The molecule has 2 heterocycles. The van der Waals surface area contributed by atoms with E-state index in [1.165, 1.54) is 18.0 Å². The summed E-state index contributed by atoms with van der Waals surface area (Å²) >= 11 is 0. The van der Waals surface area contributed by atoms with Crippen LogP contribution >= 0.6 is 0 Å². The first kappa shape index (κ1) is 23.2. The number of aromatic amines is 1. The lowest BCUT2D eigenvalue weighted by Gasteiger charge is -2.14. The highest BCUT2D eigenvalue weighted by molar-refractivity contribution is 5.97. The second kappa shape index (κ2) is 9.95. The number of aryl methyl sites for hydroxylation is 2. The van der Waals surface area contributed by atoms with Crippen molar-refractivity contribution in [1.82, 2.24) is 30.7 Å². The van der Waals surface area contributed by atoms with Crippen molar-refractivity contribution in [3.8, 4) is 11.4 Å². The fraction of sp³-hybridized carbons (Fsp3) is 0.231. The number of hydrogen-bond acceptors (Lipinski definition) is 7. The molecule has 0 bridgehead atoms. The van der Waals surface area contributed by atoms with Crippen LogP contribution in [0, 0.1) is 0 Å². The number of rotatable bonds is 7. The van der Waals surface area contributed by atoms with E-state index in [0.29, 0.717) is 12.4 Å². The first-order chi connectivity index (χ1) is 17.5. The van der Waals surface area contributed by atoms with E-state index in [0.717, 1.165) is 41.5 Å². The average Bonchev–Trinajstić information content (AvgIpc) is 3.53. The Hall–Kier alpha value is -4.60. The van der Waals surface area contributed by atoms with Crippen LogP contribution in [0.3, 0.4) is 0 Å².